The molecule has 0 aromatic heterocycles. The molecule has 1 amide bonds. The number of hydrogen-bond acceptors (Lipinski definition) is 3. The van der Waals surface area contributed by atoms with Gasteiger partial charge in [0.05, 0.1) is 6.61 Å². The first-order chi connectivity index (χ1) is 8.44. The third kappa shape index (κ3) is 2.68. The van der Waals surface area contributed by atoms with Crippen LogP contribution in [0.15, 0.2) is 30.3 Å². The van der Waals surface area contributed by atoms with Crippen molar-refractivity contribution in [1.29, 1.82) is 0 Å². The number of aliphatic hydroxyl groups excluding tert-OH is 1. The van der Waals surface area contributed by atoms with Crippen LogP contribution in [0.3, 0.4) is 0 Å². The van der Waals surface area contributed by atoms with Gasteiger partial charge in [0.25, 0.3) is 5.91 Å². The van der Waals surface area contributed by atoms with Crippen LogP contribution in [-0.2, 0) is 4.79 Å². The summed E-state index contributed by atoms with van der Waals surface area (Å²) >= 11 is 0. The van der Waals surface area contributed by atoms with E-state index in [-0.39, 0.29) is 0 Å². The average Bonchev–Trinajstić information content (AvgIpc) is 2.36. The van der Waals surface area contributed by atoms with Gasteiger partial charge in [-0.15, -0.1) is 0 Å². The molecular weight excluding hydrogens is 234 g/mol. The Bertz CT molecular complexity index is 430. The van der Waals surface area contributed by atoms with Gasteiger partial charge in [-0.25, -0.2) is 4.79 Å². The number of rotatable bonds is 5. The van der Waals surface area contributed by atoms with Gasteiger partial charge in [-0.2, -0.15) is 0 Å². The molecule has 5 heteroatoms. The van der Waals surface area contributed by atoms with E-state index >= 15 is 0 Å². The van der Waals surface area contributed by atoms with Crippen LogP contribution in [0.5, 0.6) is 0 Å². The minimum Gasteiger partial charge on any atom is -0.479 e. The lowest BCUT2D eigenvalue weighted by Crippen LogP contribution is -2.60. The fourth-order valence-corrected chi connectivity index (χ4v) is 1.60. The molecule has 0 aliphatic rings. The highest BCUT2D eigenvalue weighted by molar-refractivity contribution is 5.98. The van der Waals surface area contributed by atoms with E-state index < -0.39 is 29.9 Å². The summed E-state index contributed by atoms with van der Waals surface area (Å²) in [5.41, 5.74) is -1.30. The number of amides is 1. The Labute approximate surface area is 105 Å². The molecule has 0 saturated heterocycles. The van der Waals surface area contributed by atoms with Crippen molar-refractivity contribution in [3.63, 3.8) is 0 Å². The van der Waals surface area contributed by atoms with Crippen LogP contribution >= 0.6 is 0 Å². The first-order valence-corrected chi connectivity index (χ1v) is 5.66. The summed E-state index contributed by atoms with van der Waals surface area (Å²) in [6.07, 6.45) is 0. The standard InChI is InChI=1S/C13H17NO4/c1-9(2)13(8-15,12(17)18)14-11(16)10-6-4-3-5-7-10/h3-7,9,15H,8H2,1-2H3,(H,14,16)(H,17,18). The highest BCUT2D eigenvalue weighted by atomic mass is 16.4. The zero-order valence-corrected chi connectivity index (χ0v) is 10.4. The number of aliphatic carboxylic acids is 1. The van der Waals surface area contributed by atoms with Crippen LogP contribution in [0, 0.1) is 5.92 Å². The van der Waals surface area contributed by atoms with Gasteiger partial charge in [0, 0.05) is 5.56 Å². The molecule has 0 radical (unpaired) electrons. The quantitative estimate of drug-likeness (QED) is 0.725. The molecule has 1 aromatic carbocycles. The van der Waals surface area contributed by atoms with Gasteiger partial charge < -0.3 is 15.5 Å². The third-order valence-corrected chi connectivity index (χ3v) is 2.99. The summed E-state index contributed by atoms with van der Waals surface area (Å²) in [5, 5.41) is 20.9. The molecule has 5 nitrogen and oxygen atoms in total. The van der Waals surface area contributed by atoms with Gasteiger partial charge in [0.2, 0.25) is 0 Å². The highest BCUT2D eigenvalue weighted by Crippen LogP contribution is 2.18. The number of hydrogen-bond donors (Lipinski definition) is 3. The van der Waals surface area contributed by atoms with E-state index in [4.69, 9.17) is 0 Å². The highest BCUT2D eigenvalue weighted by Gasteiger charge is 2.42. The molecule has 0 aliphatic heterocycles. The largest absolute Gasteiger partial charge is 0.479 e. The molecule has 1 atom stereocenters. The summed E-state index contributed by atoms with van der Waals surface area (Å²) in [5.74, 6) is -2.20. The molecule has 1 unspecified atom stereocenters. The molecule has 1 aromatic rings. The van der Waals surface area contributed by atoms with Crippen molar-refractivity contribution in [3.05, 3.63) is 35.9 Å². The topological polar surface area (TPSA) is 86.6 Å². The molecule has 0 fully saturated rings. The van der Waals surface area contributed by atoms with Gasteiger partial charge >= 0.3 is 5.97 Å². The van der Waals surface area contributed by atoms with E-state index in [1.807, 2.05) is 0 Å². The predicted molar refractivity (Wildman–Crippen MR) is 66.2 cm³/mol. The summed E-state index contributed by atoms with van der Waals surface area (Å²) in [4.78, 5) is 23.2. The van der Waals surface area contributed by atoms with Gasteiger partial charge in [-0.05, 0) is 18.1 Å². The van der Waals surface area contributed by atoms with Crippen molar-refractivity contribution in [3.8, 4) is 0 Å². The molecule has 1 rings (SSSR count). The van der Waals surface area contributed by atoms with E-state index in [9.17, 15) is 19.8 Å². The van der Waals surface area contributed by atoms with E-state index in [1.165, 1.54) is 0 Å². The Kier molecular flexibility index (Phi) is 4.44. The number of carbonyl (C=O) groups is 2. The second kappa shape index (κ2) is 5.64. The molecular formula is C13H17NO4. The number of carboxylic acid groups (broad SMARTS) is 1. The normalized spacial score (nSPS) is 14.0. The lowest BCUT2D eigenvalue weighted by atomic mass is 9.87. The van der Waals surface area contributed by atoms with Crippen LogP contribution in [0.25, 0.3) is 0 Å². The lowest BCUT2D eigenvalue weighted by molar-refractivity contribution is -0.148. The van der Waals surface area contributed by atoms with Crippen molar-refractivity contribution in [2.75, 3.05) is 6.61 Å². The Morgan fingerprint density at radius 2 is 1.83 bits per heavy atom. The van der Waals surface area contributed by atoms with E-state index in [0.717, 1.165) is 0 Å². The zero-order valence-electron chi connectivity index (χ0n) is 10.4. The van der Waals surface area contributed by atoms with Crippen LogP contribution in [0.4, 0.5) is 0 Å². The SMILES string of the molecule is CC(C)C(CO)(NC(=O)c1ccccc1)C(=O)O. The van der Waals surface area contributed by atoms with Gasteiger partial charge in [0.1, 0.15) is 0 Å². The zero-order chi connectivity index (χ0) is 13.8. The smallest absolute Gasteiger partial charge is 0.332 e. The number of nitrogens with one attached hydrogen (secondary N) is 1. The Balaban J connectivity index is 2.99. The Morgan fingerprint density at radius 3 is 2.22 bits per heavy atom. The van der Waals surface area contributed by atoms with Crippen LogP contribution in [-0.4, -0.2) is 34.2 Å². The Hall–Kier alpha value is -1.88. The minimum atomic E-state index is -1.66. The summed E-state index contributed by atoms with van der Waals surface area (Å²) in [7, 11) is 0. The second-order valence-electron chi connectivity index (χ2n) is 4.41. The summed E-state index contributed by atoms with van der Waals surface area (Å²) in [6, 6.07) is 8.30. The molecule has 0 heterocycles. The Morgan fingerprint density at radius 1 is 1.28 bits per heavy atom. The number of carbonyl (C=O) groups excluding carboxylic acids is 1. The first-order valence-electron chi connectivity index (χ1n) is 5.66. The number of carboxylic acids is 1. The van der Waals surface area contributed by atoms with E-state index in [1.54, 1.807) is 44.2 Å². The van der Waals surface area contributed by atoms with Crippen LogP contribution < -0.4 is 5.32 Å². The maximum absolute atomic E-state index is 11.9. The number of benzene rings is 1. The molecule has 0 aliphatic carbocycles. The molecule has 3 N–H and O–H groups in total. The van der Waals surface area contributed by atoms with Crippen LogP contribution in [0.2, 0.25) is 0 Å². The predicted octanol–water partition coefficient (Wildman–Crippen LogP) is 0.888. The number of aliphatic hydroxyl groups is 1. The van der Waals surface area contributed by atoms with Gasteiger partial charge in [-0.1, -0.05) is 32.0 Å². The second-order valence-corrected chi connectivity index (χ2v) is 4.41. The molecule has 98 valence electrons. The monoisotopic (exact) mass is 251 g/mol. The third-order valence-electron chi connectivity index (χ3n) is 2.99. The van der Waals surface area contributed by atoms with Crippen molar-refractivity contribution in [2.45, 2.75) is 19.4 Å². The van der Waals surface area contributed by atoms with E-state index in [2.05, 4.69) is 5.32 Å². The van der Waals surface area contributed by atoms with E-state index in [0.29, 0.717) is 5.56 Å². The first kappa shape index (κ1) is 14.2. The van der Waals surface area contributed by atoms with Crippen molar-refractivity contribution < 1.29 is 19.8 Å². The summed E-state index contributed by atoms with van der Waals surface area (Å²) < 4.78 is 0. The van der Waals surface area contributed by atoms with Crippen molar-refractivity contribution in [2.24, 2.45) is 5.92 Å². The fraction of sp³-hybridized carbons (Fsp3) is 0.385. The van der Waals surface area contributed by atoms with Gasteiger partial charge in [-0.3, -0.25) is 4.79 Å². The lowest BCUT2D eigenvalue weighted by Gasteiger charge is -2.32. The maximum Gasteiger partial charge on any atom is 0.332 e. The molecule has 18 heavy (non-hydrogen) atoms. The maximum atomic E-state index is 11.9. The summed E-state index contributed by atoms with van der Waals surface area (Å²) in [6.45, 7) is 2.61. The minimum absolute atomic E-state index is 0.359. The molecule has 0 bridgehead atoms. The molecule has 0 spiro atoms. The molecule has 0 saturated carbocycles. The van der Waals surface area contributed by atoms with Crippen LogP contribution in [0.1, 0.15) is 24.2 Å². The van der Waals surface area contributed by atoms with Crippen molar-refractivity contribution in [1.82, 2.24) is 5.32 Å². The van der Waals surface area contributed by atoms with Gasteiger partial charge in [0.15, 0.2) is 5.54 Å². The van der Waals surface area contributed by atoms with Crippen molar-refractivity contribution >= 4 is 11.9 Å². The average molecular weight is 251 g/mol. The fourth-order valence-electron chi connectivity index (χ4n) is 1.60.